The predicted molar refractivity (Wildman–Crippen MR) is 132 cm³/mol. The first kappa shape index (κ1) is 24.2. The van der Waals surface area contributed by atoms with E-state index >= 15 is 0 Å². The second-order valence-electron chi connectivity index (χ2n) is 8.21. The number of imidazole rings is 1. The normalized spacial score (nSPS) is 18.1. The van der Waals surface area contributed by atoms with Crippen molar-refractivity contribution in [3.05, 3.63) is 63.1 Å². The fraction of sp³-hybridized carbons (Fsp3) is 0.391. The Morgan fingerprint density at radius 1 is 1.26 bits per heavy atom. The second kappa shape index (κ2) is 10.5. The highest BCUT2D eigenvalue weighted by molar-refractivity contribution is 7.17. The van der Waals surface area contributed by atoms with Crippen LogP contribution >= 0.6 is 22.9 Å². The summed E-state index contributed by atoms with van der Waals surface area (Å²) in [5, 5.41) is 17.1. The molecule has 0 saturated carbocycles. The number of carbonyl (C=O) groups is 2. The number of rotatable bonds is 8. The molecular formula is C23H27ClN6O3S. The van der Waals surface area contributed by atoms with Crippen molar-refractivity contribution in [3.63, 3.8) is 0 Å². The van der Waals surface area contributed by atoms with E-state index in [1.807, 2.05) is 37.3 Å². The van der Waals surface area contributed by atoms with Crippen LogP contribution in [0.25, 0.3) is 0 Å². The third-order valence-electron chi connectivity index (χ3n) is 5.89. The maximum Gasteiger partial charge on any atom is 0.347 e. The van der Waals surface area contributed by atoms with Crippen LogP contribution in [0.15, 0.2) is 30.3 Å². The molecule has 11 heteroatoms. The number of aromatic nitrogens is 3. The summed E-state index contributed by atoms with van der Waals surface area (Å²) in [5.74, 6) is -1.07. The van der Waals surface area contributed by atoms with E-state index < -0.39 is 5.97 Å². The zero-order chi connectivity index (χ0) is 24.2. The fourth-order valence-electron chi connectivity index (χ4n) is 4.03. The summed E-state index contributed by atoms with van der Waals surface area (Å²) in [6.45, 7) is 5.50. The molecule has 0 bridgehead atoms. The van der Waals surface area contributed by atoms with E-state index in [1.165, 1.54) is 11.3 Å². The van der Waals surface area contributed by atoms with Gasteiger partial charge in [0, 0.05) is 31.7 Å². The number of aromatic amines is 1. The summed E-state index contributed by atoms with van der Waals surface area (Å²) >= 11 is 7.29. The van der Waals surface area contributed by atoms with Crippen LogP contribution in [0, 0.1) is 6.92 Å². The Kier molecular flexibility index (Phi) is 7.50. The molecule has 1 unspecified atom stereocenters. The average molecular weight is 503 g/mol. The Morgan fingerprint density at radius 2 is 2.03 bits per heavy atom. The highest BCUT2D eigenvalue weighted by atomic mass is 35.5. The van der Waals surface area contributed by atoms with Gasteiger partial charge in [-0.15, -0.1) is 0 Å². The zero-order valence-electron chi connectivity index (χ0n) is 19.0. The van der Waals surface area contributed by atoms with Crippen LogP contribution in [0.4, 0.5) is 5.13 Å². The third kappa shape index (κ3) is 5.40. The number of hydrogen-bond acceptors (Lipinski definition) is 7. The van der Waals surface area contributed by atoms with Crippen LogP contribution < -0.4 is 15.5 Å². The van der Waals surface area contributed by atoms with Crippen molar-refractivity contribution in [1.29, 1.82) is 0 Å². The first-order valence-corrected chi connectivity index (χ1v) is 12.3. The van der Waals surface area contributed by atoms with Gasteiger partial charge in [0.1, 0.15) is 4.88 Å². The summed E-state index contributed by atoms with van der Waals surface area (Å²) in [5.41, 5.74) is 2.38. The Bertz CT molecular complexity index is 1160. The number of amides is 1. The fourth-order valence-corrected chi connectivity index (χ4v) is 5.24. The van der Waals surface area contributed by atoms with Gasteiger partial charge in [0.2, 0.25) is 0 Å². The second-order valence-corrected chi connectivity index (χ2v) is 9.55. The van der Waals surface area contributed by atoms with Crippen molar-refractivity contribution >= 4 is 39.9 Å². The van der Waals surface area contributed by atoms with Crippen LogP contribution in [-0.2, 0) is 13.0 Å². The lowest BCUT2D eigenvalue weighted by atomic mass is 9.99. The molecule has 3 heterocycles. The highest BCUT2D eigenvalue weighted by Crippen LogP contribution is 2.28. The van der Waals surface area contributed by atoms with E-state index in [1.54, 1.807) is 6.92 Å². The van der Waals surface area contributed by atoms with Crippen molar-refractivity contribution in [1.82, 2.24) is 25.6 Å². The van der Waals surface area contributed by atoms with Crippen molar-refractivity contribution in [3.8, 4) is 0 Å². The first-order chi connectivity index (χ1) is 16.4. The number of carboxylic acids is 1. The number of piperidine rings is 1. The Balaban J connectivity index is 1.50. The molecule has 0 spiro atoms. The first-order valence-electron chi connectivity index (χ1n) is 11.1. The summed E-state index contributed by atoms with van der Waals surface area (Å²) in [6.07, 6.45) is 1.32. The third-order valence-corrected chi connectivity index (χ3v) is 7.41. The lowest BCUT2D eigenvalue weighted by Crippen LogP contribution is -2.59. The van der Waals surface area contributed by atoms with E-state index in [4.69, 9.17) is 11.6 Å². The van der Waals surface area contributed by atoms with Crippen LogP contribution in [0.1, 0.15) is 50.6 Å². The largest absolute Gasteiger partial charge is 0.477 e. The molecule has 1 aliphatic heterocycles. The molecule has 4 rings (SSSR count). The molecule has 1 fully saturated rings. The van der Waals surface area contributed by atoms with Gasteiger partial charge in [-0.1, -0.05) is 60.2 Å². The minimum Gasteiger partial charge on any atom is -0.477 e. The maximum atomic E-state index is 12.9. The molecular weight excluding hydrogens is 476 g/mol. The number of H-pyrrole nitrogens is 1. The maximum absolute atomic E-state index is 12.9. The summed E-state index contributed by atoms with van der Waals surface area (Å²) in [7, 11) is 0. The average Bonchev–Trinajstić information content (AvgIpc) is 3.41. The number of hydrogen-bond donors (Lipinski definition) is 4. The Morgan fingerprint density at radius 3 is 2.68 bits per heavy atom. The highest BCUT2D eigenvalue weighted by Gasteiger charge is 2.33. The number of nitrogens with one attached hydrogen (secondary N) is 3. The molecule has 4 N–H and O–H groups in total. The molecule has 180 valence electrons. The molecule has 0 aliphatic carbocycles. The van der Waals surface area contributed by atoms with Crippen LogP contribution in [0.3, 0.4) is 0 Å². The molecule has 1 aliphatic rings. The topological polar surface area (TPSA) is 123 Å². The zero-order valence-corrected chi connectivity index (χ0v) is 20.5. The summed E-state index contributed by atoms with van der Waals surface area (Å²) in [4.78, 5) is 38.3. The number of thiazole rings is 1. The van der Waals surface area contributed by atoms with E-state index in [-0.39, 0.29) is 28.7 Å². The van der Waals surface area contributed by atoms with Gasteiger partial charge >= 0.3 is 5.97 Å². The van der Waals surface area contributed by atoms with Gasteiger partial charge in [-0.3, -0.25) is 4.79 Å². The van der Waals surface area contributed by atoms with E-state index in [0.29, 0.717) is 48.5 Å². The molecule has 1 saturated heterocycles. The number of carboxylic acid groups (broad SMARTS) is 1. The van der Waals surface area contributed by atoms with Gasteiger partial charge < -0.3 is 25.6 Å². The number of aromatic carboxylic acids is 1. The number of halogens is 1. The number of aryl methyl sites for hydroxylation is 2. The molecule has 1 amide bonds. The van der Waals surface area contributed by atoms with Crippen molar-refractivity contribution in [2.45, 2.75) is 45.3 Å². The van der Waals surface area contributed by atoms with Crippen molar-refractivity contribution in [2.75, 3.05) is 18.0 Å². The van der Waals surface area contributed by atoms with Gasteiger partial charge in [-0.25, -0.2) is 14.8 Å². The minimum absolute atomic E-state index is 0.0912. The molecule has 3 aromatic rings. The molecule has 2 atom stereocenters. The predicted octanol–water partition coefficient (Wildman–Crippen LogP) is 3.26. The van der Waals surface area contributed by atoms with E-state index in [9.17, 15) is 14.7 Å². The molecule has 0 radical (unpaired) electrons. The number of anilines is 1. The Hall–Kier alpha value is -2.95. The number of nitrogens with zero attached hydrogens (tertiary/aromatic N) is 3. The molecule has 34 heavy (non-hydrogen) atoms. The van der Waals surface area contributed by atoms with Gasteiger partial charge in [0.05, 0.1) is 11.4 Å². The van der Waals surface area contributed by atoms with Gasteiger partial charge in [-0.2, -0.15) is 0 Å². The minimum atomic E-state index is -0.967. The SMILES string of the molecule is CCc1[nH]c(C(=O)NC2CCN(c3nc(C)c(C(=O)O)s3)C[C@H]2NCc2ccccc2)nc1Cl. The van der Waals surface area contributed by atoms with Gasteiger partial charge in [0.25, 0.3) is 5.91 Å². The number of benzene rings is 1. The van der Waals surface area contributed by atoms with Crippen LogP contribution in [-0.4, -0.2) is 57.1 Å². The Labute approximate surface area is 206 Å². The summed E-state index contributed by atoms with van der Waals surface area (Å²) in [6, 6.07) is 9.79. The van der Waals surface area contributed by atoms with E-state index in [0.717, 1.165) is 11.3 Å². The van der Waals surface area contributed by atoms with Crippen molar-refractivity contribution in [2.24, 2.45) is 0 Å². The monoisotopic (exact) mass is 502 g/mol. The molecule has 9 nitrogen and oxygen atoms in total. The van der Waals surface area contributed by atoms with Crippen LogP contribution in [0.2, 0.25) is 5.15 Å². The van der Waals surface area contributed by atoms with Gasteiger partial charge in [-0.05, 0) is 25.3 Å². The van der Waals surface area contributed by atoms with Gasteiger partial charge in [0.15, 0.2) is 16.1 Å². The lowest BCUT2D eigenvalue weighted by Gasteiger charge is -2.39. The lowest BCUT2D eigenvalue weighted by molar-refractivity contribution is 0.0700. The number of carbonyl (C=O) groups excluding carboxylic acids is 1. The van der Waals surface area contributed by atoms with Crippen molar-refractivity contribution < 1.29 is 14.7 Å². The van der Waals surface area contributed by atoms with Crippen LogP contribution in [0.5, 0.6) is 0 Å². The standard InChI is InChI=1S/C23H27ClN6O3S/c1-3-15-19(24)29-20(27-15)21(31)28-16-9-10-30(23-26-13(2)18(34-23)22(32)33)12-17(16)25-11-14-7-5-4-6-8-14/h4-8,16-17,25H,3,9-12H2,1-2H3,(H,27,29)(H,28,31)(H,32,33)/t16?,17-/m1/s1. The molecule has 2 aromatic heterocycles. The smallest absolute Gasteiger partial charge is 0.347 e. The summed E-state index contributed by atoms with van der Waals surface area (Å²) < 4.78 is 0. The molecule has 1 aromatic carbocycles. The van der Waals surface area contributed by atoms with E-state index in [2.05, 4.69) is 30.5 Å². The quantitative estimate of drug-likeness (QED) is 0.373.